The fourth-order valence-corrected chi connectivity index (χ4v) is 3.00. The molecule has 0 aliphatic heterocycles. The van der Waals surface area contributed by atoms with E-state index in [1.54, 1.807) is 0 Å². The molecule has 1 aromatic heterocycles. The van der Waals surface area contributed by atoms with Gasteiger partial charge in [0.25, 0.3) is 0 Å². The number of ether oxygens (including phenoxy) is 1. The number of aromatic nitrogens is 2. The molecule has 0 aromatic carbocycles. The fraction of sp³-hybridized carbons (Fsp3) is 0.529. The molecule has 2 saturated carbocycles. The summed E-state index contributed by atoms with van der Waals surface area (Å²) >= 11 is 0. The minimum atomic E-state index is -0.500. The zero-order chi connectivity index (χ0) is 16.8. The molecule has 0 saturated heterocycles. The molecule has 0 unspecified atom stereocenters. The van der Waals surface area contributed by atoms with Crippen molar-refractivity contribution in [2.45, 2.75) is 40.0 Å². The standard InChI is InChI=1S/C17H20N2O4/c1-4-7-18-9-13(20)19(16(18)22)10-23-15(21)14-12(17(14,2)3)8-11-5-6-11/h1,8-9,12,14,20H,5-7,10H2,2-3H3/t12-,14+/m1/s1. The van der Waals surface area contributed by atoms with Gasteiger partial charge < -0.3 is 9.84 Å². The first-order valence-electron chi connectivity index (χ1n) is 7.65. The summed E-state index contributed by atoms with van der Waals surface area (Å²) in [5.41, 5.74) is 0.785. The molecule has 6 nitrogen and oxygen atoms in total. The maximum Gasteiger partial charge on any atom is 0.334 e. The molecule has 23 heavy (non-hydrogen) atoms. The van der Waals surface area contributed by atoms with Crippen molar-refractivity contribution in [3.8, 4) is 18.2 Å². The summed E-state index contributed by atoms with van der Waals surface area (Å²) in [7, 11) is 0. The SMILES string of the molecule is C#CCn1cc(O)n(COC(=O)[C@@H]2[C@@H](C=C3CC3)C2(C)C)c1=O. The average Bonchev–Trinajstić information content (AvgIpc) is 3.35. The van der Waals surface area contributed by atoms with Gasteiger partial charge in [0, 0.05) is 0 Å². The van der Waals surface area contributed by atoms with Crippen LogP contribution in [0.2, 0.25) is 0 Å². The highest BCUT2D eigenvalue weighted by Crippen LogP contribution is 2.60. The third-order valence-corrected chi connectivity index (χ3v) is 4.74. The van der Waals surface area contributed by atoms with Crippen LogP contribution in [0, 0.1) is 29.6 Å². The summed E-state index contributed by atoms with van der Waals surface area (Å²) in [6.07, 6.45) is 10.8. The number of carbonyl (C=O) groups is 1. The monoisotopic (exact) mass is 316 g/mol. The zero-order valence-corrected chi connectivity index (χ0v) is 13.3. The van der Waals surface area contributed by atoms with Crippen LogP contribution in [-0.2, 0) is 22.8 Å². The molecular formula is C17H20N2O4. The lowest BCUT2D eigenvalue weighted by molar-refractivity contribution is -0.150. The Morgan fingerprint density at radius 2 is 2.26 bits per heavy atom. The van der Waals surface area contributed by atoms with Crippen LogP contribution in [0.25, 0.3) is 0 Å². The van der Waals surface area contributed by atoms with Crippen molar-refractivity contribution in [2.75, 3.05) is 0 Å². The fourth-order valence-electron chi connectivity index (χ4n) is 3.00. The van der Waals surface area contributed by atoms with Gasteiger partial charge in [-0.3, -0.25) is 9.36 Å². The van der Waals surface area contributed by atoms with Gasteiger partial charge in [-0.1, -0.05) is 31.4 Å². The van der Waals surface area contributed by atoms with E-state index in [0.717, 1.165) is 17.4 Å². The van der Waals surface area contributed by atoms with Crippen LogP contribution in [0.1, 0.15) is 26.7 Å². The summed E-state index contributed by atoms with van der Waals surface area (Å²) < 4.78 is 7.41. The number of allylic oxidation sites excluding steroid dienone is 2. The second-order valence-corrected chi connectivity index (χ2v) is 6.77. The molecule has 3 rings (SSSR count). The highest BCUT2D eigenvalue weighted by Gasteiger charge is 2.61. The summed E-state index contributed by atoms with van der Waals surface area (Å²) in [6, 6.07) is 0. The number of hydrogen-bond donors (Lipinski definition) is 1. The molecule has 1 aromatic rings. The van der Waals surface area contributed by atoms with Gasteiger partial charge in [0.1, 0.15) is 0 Å². The van der Waals surface area contributed by atoms with Crippen molar-refractivity contribution in [2.24, 2.45) is 17.3 Å². The number of terminal acetylenes is 1. The van der Waals surface area contributed by atoms with Gasteiger partial charge in [-0.15, -0.1) is 6.42 Å². The van der Waals surface area contributed by atoms with Gasteiger partial charge in [0.2, 0.25) is 5.88 Å². The largest absolute Gasteiger partial charge is 0.493 e. The molecule has 2 atom stereocenters. The second-order valence-electron chi connectivity index (χ2n) is 6.77. The van der Waals surface area contributed by atoms with Crippen molar-refractivity contribution in [3.63, 3.8) is 0 Å². The third kappa shape index (κ3) is 2.79. The van der Waals surface area contributed by atoms with Crippen LogP contribution in [0.4, 0.5) is 0 Å². The maximum absolute atomic E-state index is 12.3. The van der Waals surface area contributed by atoms with E-state index in [1.165, 1.54) is 16.3 Å². The Kier molecular flexibility index (Phi) is 3.59. The smallest absolute Gasteiger partial charge is 0.334 e. The lowest BCUT2D eigenvalue weighted by Crippen LogP contribution is -2.26. The van der Waals surface area contributed by atoms with E-state index in [1.807, 2.05) is 13.8 Å². The number of carbonyl (C=O) groups excluding carboxylic acids is 1. The van der Waals surface area contributed by atoms with Crippen LogP contribution < -0.4 is 5.69 Å². The van der Waals surface area contributed by atoms with Crippen molar-refractivity contribution in [3.05, 3.63) is 28.3 Å². The Balaban J connectivity index is 1.65. The number of hydrogen-bond acceptors (Lipinski definition) is 4. The van der Waals surface area contributed by atoms with Crippen molar-refractivity contribution < 1.29 is 14.6 Å². The van der Waals surface area contributed by atoms with E-state index in [4.69, 9.17) is 11.2 Å². The number of imidazole rings is 1. The summed E-state index contributed by atoms with van der Waals surface area (Å²) in [4.78, 5) is 24.3. The van der Waals surface area contributed by atoms with E-state index in [0.29, 0.717) is 0 Å². The number of esters is 1. The van der Waals surface area contributed by atoms with Gasteiger partial charge in [-0.2, -0.15) is 0 Å². The van der Waals surface area contributed by atoms with Crippen LogP contribution in [0.3, 0.4) is 0 Å². The first-order valence-corrected chi connectivity index (χ1v) is 7.65. The molecule has 0 bridgehead atoms. The highest BCUT2D eigenvalue weighted by molar-refractivity contribution is 5.78. The third-order valence-electron chi connectivity index (χ3n) is 4.74. The molecule has 2 aliphatic rings. The Hall–Kier alpha value is -2.42. The summed E-state index contributed by atoms with van der Waals surface area (Å²) in [6.45, 7) is 3.82. The average molecular weight is 316 g/mol. The lowest BCUT2D eigenvalue weighted by Gasteiger charge is -2.06. The molecule has 122 valence electrons. The molecule has 1 heterocycles. The van der Waals surface area contributed by atoms with Crippen LogP contribution in [0.15, 0.2) is 22.6 Å². The molecule has 0 radical (unpaired) electrons. The molecule has 0 spiro atoms. The minimum absolute atomic E-state index is 0.0542. The topological polar surface area (TPSA) is 73.5 Å². The van der Waals surface area contributed by atoms with Crippen molar-refractivity contribution in [1.29, 1.82) is 0 Å². The van der Waals surface area contributed by atoms with Gasteiger partial charge in [-0.25, -0.2) is 9.36 Å². The minimum Gasteiger partial charge on any atom is -0.493 e. The van der Waals surface area contributed by atoms with E-state index >= 15 is 0 Å². The zero-order valence-electron chi connectivity index (χ0n) is 13.3. The van der Waals surface area contributed by atoms with Crippen molar-refractivity contribution in [1.82, 2.24) is 9.13 Å². The Bertz CT molecular complexity index is 769. The van der Waals surface area contributed by atoms with Gasteiger partial charge in [0.05, 0.1) is 18.7 Å². The Labute approximate surface area is 134 Å². The molecular weight excluding hydrogens is 296 g/mol. The molecule has 2 aliphatic carbocycles. The van der Waals surface area contributed by atoms with E-state index in [9.17, 15) is 14.7 Å². The highest BCUT2D eigenvalue weighted by atomic mass is 16.5. The number of rotatable bonds is 5. The summed E-state index contributed by atoms with van der Waals surface area (Å²) in [5.74, 6) is 1.72. The Morgan fingerprint density at radius 1 is 1.57 bits per heavy atom. The quantitative estimate of drug-likeness (QED) is 0.507. The molecule has 0 amide bonds. The summed E-state index contributed by atoms with van der Waals surface area (Å²) in [5, 5.41) is 9.76. The molecule has 1 N–H and O–H groups in total. The van der Waals surface area contributed by atoms with Crippen LogP contribution in [0.5, 0.6) is 5.88 Å². The predicted molar refractivity (Wildman–Crippen MR) is 83.4 cm³/mol. The molecule has 2 fully saturated rings. The van der Waals surface area contributed by atoms with Crippen LogP contribution >= 0.6 is 0 Å². The predicted octanol–water partition coefficient (Wildman–Crippen LogP) is 1.48. The van der Waals surface area contributed by atoms with E-state index in [-0.39, 0.29) is 42.4 Å². The number of nitrogens with zero attached hydrogens (tertiary/aromatic N) is 2. The first kappa shape index (κ1) is 15.5. The maximum atomic E-state index is 12.3. The van der Waals surface area contributed by atoms with Gasteiger partial charge >= 0.3 is 11.7 Å². The normalized spacial score (nSPS) is 24.0. The van der Waals surface area contributed by atoms with E-state index < -0.39 is 5.69 Å². The molecule has 6 heteroatoms. The second kappa shape index (κ2) is 5.34. The lowest BCUT2D eigenvalue weighted by atomic mass is 10.1. The van der Waals surface area contributed by atoms with Gasteiger partial charge in [0.15, 0.2) is 6.73 Å². The number of aromatic hydroxyl groups is 1. The van der Waals surface area contributed by atoms with E-state index in [2.05, 4.69) is 12.0 Å². The van der Waals surface area contributed by atoms with Crippen molar-refractivity contribution >= 4 is 5.97 Å². The Morgan fingerprint density at radius 3 is 2.87 bits per heavy atom. The first-order chi connectivity index (χ1) is 10.9. The van der Waals surface area contributed by atoms with Crippen LogP contribution in [-0.4, -0.2) is 20.2 Å². The van der Waals surface area contributed by atoms with Gasteiger partial charge in [-0.05, 0) is 24.2 Å².